The first-order valence-corrected chi connectivity index (χ1v) is 13.4. The third-order valence-electron chi connectivity index (χ3n) is 5.34. The molecule has 1 aliphatic heterocycles. The zero-order valence-electron chi connectivity index (χ0n) is 19.6. The van der Waals surface area contributed by atoms with Crippen LogP contribution in [0.25, 0.3) is 10.5 Å². The summed E-state index contributed by atoms with van der Waals surface area (Å²) in [5.74, 6) is 0.699. The number of anilines is 1. The van der Waals surface area contributed by atoms with E-state index < -0.39 is 21.0 Å². The van der Waals surface area contributed by atoms with E-state index in [0.717, 1.165) is 28.0 Å². The molecule has 182 valence electrons. The van der Waals surface area contributed by atoms with Crippen LogP contribution in [-0.4, -0.2) is 25.6 Å². The fraction of sp³-hybridized carbons (Fsp3) is 0.148. The van der Waals surface area contributed by atoms with Crippen molar-refractivity contribution in [1.29, 1.82) is 0 Å². The maximum Gasteiger partial charge on any atom is 0.148 e. The molecule has 3 aromatic rings. The molecule has 0 N–H and O–H groups in total. The first-order valence-electron chi connectivity index (χ1n) is 11.0. The van der Waals surface area contributed by atoms with Crippen molar-refractivity contribution >= 4 is 31.8 Å². The average Bonchev–Trinajstić information content (AvgIpc) is 2.84. The number of ether oxygens (including phenoxy) is 1. The zero-order chi connectivity index (χ0) is 25.0. The van der Waals surface area contributed by atoms with Crippen molar-refractivity contribution < 1.29 is 32.7 Å². The Morgan fingerprint density at radius 2 is 1.40 bits per heavy atom. The number of hydrogen-bond acceptors (Lipinski definition) is 6. The third-order valence-corrected chi connectivity index (χ3v) is 7.97. The topological polar surface area (TPSA) is 90.9 Å². The highest BCUT2D eigenvalue weighted by Crippen LogP contribution is 2.45. The van der Waals surface area contributed by atoms with E-state index in [0.29, 0.717) is 22.1 Å². The molecule has 35 heavy (non-hydrogen) atoms. The second-order valence-corrected chi connectivity index (χ2v) is 10.6. The maximum atomic E-state index is 11.8. The van der Waals surface area contributed by atoms with Crippen LogP contribution in [0.15, 0.2) is 91.0 Å². The lowest BCUT2D eigenvalue weighted by molar-refractivity contribution is -1.91. The lowest BCUT2D eigenvalue weighted by Crippen LogP contribution is -2.60. The SMILES string of the molecule is CCOc1ccc(C2=S(O[Cl+3]([O-])([O-])[O-])C(c3ccccc3)=CC(c3ccc(N(C)C)cc3)=C2)cc1. The highest BCUT2D eigenvalue weighted by molar-refractivity contribution is 8.20. The molecule has 0 saturated carbocycles. The molecular formula is C27H26ClNO5S. The van der Waals surface area contributed by atoms with Gasteiger partial charge in [-0.1, -0.05) is 54.6 Å². The van der Waals surface area contributed by atoms with E-state index in [1.807, 2.05) is 117 Å². The van der Waals surface area contributed by atoms with Crippen molar-refractivity contribution in [1.82, 2.24) is 0 Å². The first kappa shape index (κ1) is 25.2. The van der Waals surface area contributed by atoms with Crippen LogP contribution >= 0.6 is 10.8 Å². The quantitative estimate of drug-likeness (QED) is 0.432. The minimum Gasteiger partial charge on any atom is -0.494 e. The van der Waals surface area contributed by atoms with Crippen LogP contribution in [0.3, 0.4) is 0 Å². The standard InChI is InChI=1S/C27H26ClNO5S/c1-4-33-25-16-12-22(13-17-25)27-19-23(20-10-14-24(15-11-20)29(2)3)18-26(21-8-6-5-7-9-21)35(27)34-28(30,31)32/h5-19H,4H2,1-3H3. The van der Waals surface area contributed by atoms with Gasteiger partial charge >= 0.3 is 0 Å². The molecule has 1 atom stereocenters. The Kier molecular flexibility index (Phi) is 7.76. The van der Waals surface area contributed by atoms with Gasteiger partial charge in [-0.2, -0.15) is 14.0 Å². The van der Waals surface area contributed by atoms with Crippen molar-refractivity contribution in [3.63, 3.8) is 0 Å². The largest absolute Gasteiger partial charge is 0.494 e. The second kappa shape index (κ2) is 10.8. The van der Waals surface area contributed by atoms with E-state index in [9.17, 15) is 14.0 Å². The van der Waals surface area contributed by atoms with Gasteiger partial charge in [0, 0.05) is 19.8 Å². The Hall–Kier alpha value is -2.91. The summed E-state index contributed by atoms with van der Waals surface area (Å²) < 4.78 is 46.0. The molecule has 1 unspecified atom stereocenters. The van der Waals surface area contributed by atoms with Gasteiger partial charge in [0.1, 0.15) is 20.3 Å². The van der Waals surface area contributed by atoms with Gasteiger partial charge in [0.05, 0.1) is 26.6 Å². The minimum absolute atomic E-state index is 0.532. The average molecular weight is 512 g/mol. The van der Waals surface area contributed by atoms with Gasteiger partial charge in [-0.25, -0.2) is 0 Å². The fourth-order valence-electron chi connectivity index (χ4n) is 3.68. The molecule has 6 nitrogen and oxygen atoms in total. The van der Waals surface area contributed by atoms with Crippen LogP contribution in [0.4, 0.5) is 5.69 Å². The number of halogens is 1. The number of hydrogen-bond donors (Lipinski definition) is 0. The van der Waals surface area contributed by atoms with Crippen molar-refractivity contribution in [3.8, 4) is 5.75 Å². The molecule has 0 radical (unpaired) electrons. The van der Waals surface area contributed by atoms with Crippen molar-refractivity contribution in [2.24, 2.45) is 0 Å². The second-order valence-electron chi connectivity index (χ2n) is 7.95. The molecule has 0 bridgehead atoms. The summed E-state index contributed by atoms with van der Waals surface area (Å²) in [7, 11) is -2.18. The highest BCUT2D eigenvalue weighted by atomic mass is 35.7. The Balaban J connectivity index is 1.92. The highest BCUT2D eigenvalue weighted by Gasteiger charge is 2.31. The Labute approximate surface area is 210 Å². The van der Waals surface area contributed by atoms with Crippen LogP contribution in [0.5, 0.6) is 5.75 Å². The normalized spacial score (nSPS) is 15.9. The lowest BCUT2D eigenvalue weighted by Gasteiger charge is -2.22. The summed E-state index contributed by atoms with van der Waals surface area (Å²) in [5.41, 5.74) is 4.41. The predicted octanol–water partition coefficient (Wildman–Crippen LogP) is 2.91. The summed E-state index contributed by atoms with van der Waals surface area (Å²) >= 11 is 0. The fourth-order valence-corrected chi connectivity index (χ4v) is 6.24. The van der Waals surface area contributed by atoms with Crippen LogP contribution in [-0.2, 0) is 3.74 Å². The number of allylic oxidation sites excluding steroid dienone is 3. The summed E-state index contributed by atoms with van der Waals surface area (Å²) in [4.78, 5) is 3.22. The molecule has 0 aliphatic carbocycles. The van der Waals surface area contributed by atoms with Crippen molar-refractivity contribution in [2.45, 2.75) is 6.92 Å². The van der Waals surface area contributed by atoms with Crippen molar-refractivity contribution in [3.05, 3.63) is 108 Å². The van der Waals surface area contributed by atoms with Crippen molar-refractivity contribution in [2.75, 3.05) is 25.6 Å². The Morgan fingerprint density at radius 1 is 0.771 bits per heavy atom. The molecule has 0 fully saturated rings. The van der Waals surface area contributed by atoms with Crippen LogP contribution in [0, 0.1) is 10.2 Å². The van der Waals surface area contributed by atoms with E-state index in [2.05, 4.69) is 0 Å². The van der Waals surface area contributed by atoms with E-state index in [4.69, 9.17) is 8.47 Å². The molecule has 4 rings (SSSR count). The smallest absolute Gasteiger partial charge is 0.148 e. The van der Waals surface area contributed by atoms with E-state index in [-0.39, 0.29) is 0 Å². The summed E-state index contributed by atoms with van der Waals surface area (Å²) in [6, 6.07) is 24.7. The predicted molar refractivity (Wildman–Crippen MR) is 134 cm³/mol. The monoisotopic (exact) mass is 511 g/mol. The van der Waals surface area contributed by atoms with Crippen LogP contribution in [0.1, 0.15) is 23.6 Å². The van der Waals surface area contributed by atoms with Gasteiger partial charge in [-0.05, 0) is 65.6 Å². The molecule has 1 heterocycles. The van der Waals surface area contributed by atoms with Gasteiger partial charge in [-0.3, -0.25) is 0 Å². The maximum absolute atomic E-state index is 11.8. The molecule has 3 aromatic carbocycles. The molecule has 0 saturated heterocycles. The Morgan fingerprint density at radius 3 is 1.97 bits per heavy atom. The Bertz CT molecular complexity index is 1260. The summed E-state index contributed by atoms with van der Waals surface area (Å²) in [6.45, 7) is 2.44. The van der Waals surface area contributed by atoms with Gasteiger partial charge in [0.25, 0.3) is 0 Å². The molecule has 0 amide bonds. The summed E-state index contributed by atoms with van der Waals surface area (Å²) in [5, 5.41) is 0. The van der Waals surface area contributed by atoms with E-state index in [1.165, 1.54) is 0 Å². The van der Waals surface area contributed by atoms with Crippen LogP contribution in [0.2, 0.25) is 0 Å². The minimum atomic E-state index is -4.67. The molecule has 1 aliphatic rings. The first-order chi connectivity index (χ1) is 16.7. The van der Waals surface area contributed by atoms with Gasteiger partial charge in [0.15, 0.2) is 0 Å². The zero-order valence-corrected chi connectivity index (χ0v) is 21.2. The van der Waals surface area contributed by atoms with Gasteiger partial charge < -0.3 is 9.64 Å². The summed E-state index contributed by atoms with van der Waals surface area (Å²) in [6.07, 6.45) is 3.78. The molecule has 0 spiro atoms. The molecular weight excluding hydrogens is 486 g/mol. The van der Waals surface area contributed by atoms with E-state index in [1.54, 1.807) is 0 Å². The molecule has 8 heteroatoms. The molecule has 0 aromatic heterocycles. The third kappa shape index (κ3) is 6.21. The van der Waals surface area contributed by atoms with Gasteiger partial charge in [-0.15, -0.1) is 0 Å². The number of benzene rings is 3. The van der Waals surface area contributed by atoms with E-state index >= 15 is 0 Å². The van der Waals surface area contributed by atoms with Gasteiger partial charge in [0.2, 0.25) is 0 Å². The number of nitrogens with zero attached hydrogens (tertiary/aromatic N) is 1. The number of rotatable bonds is 8. The lowest BCUT2D eigenvalue weighted by atomic mass is 10.00. The van der Waals surface area contributed by atoms with Crippen LogP contribution < -0.4 is 23.6 Å².